The summed E-state index contributed by atoms with van der Waals surface area (Å²) in [5, 5.41) is 8.97. The summed E-state index contributed by atoms with van der Waals surface area (Å²) < 4.78 is 5.98. The Morgan fingerprint density at radius 2 is 1.54 bits per heavy atom. The molecule has 0 unspecified atom stereocenters. The third-order valence-electron chi connectivity index (χ3n) is 3.72. The molecule has 0 aliphatic carbocycles. The molecule has 24 heavy (non-hydrogen) atoms. The summed E-state index contributed by atoms with van der Waals surface area (Å²) in [5.74, 6) is -0.0467. The lowest BCUT2D eigenvalue weighted by Crippen LogP contribution is -2.00. The molecule has 0 radical (unpaired) electrons. The number of benzene rings is 3. The number of hydrogen-bond acceptors (Lipinski definition) is 2. The molecule has 0 fully saturated rings. The van der Waals surface area contributed by atoms with Gasteiger partial charge in [-0.05, 0) is 22.8 Å². The molecule has 3 heteroatoms. The van der Waals surface area contributed by atoms with Crippen LogP contribution in [0.3, 0.4) is 0 Å². The molecule has 1 N–H and O–H groups in total. The molecule has 0 aliphatic rings. The summed E-state index contributed by atoms with van der Waals surface area (Å²) in [7, 11) is 0. The molecule has 120 valence electrons. The number of carbonyl (C=O) groups is 1. The van der Waals surface area contributed by atoms with Crippen molar-refractivity contribution in [2.45, 2.75) is 13.0 Å². The molecule has 0 aromatic heterocycles. The van der Waals surface area contributed by atoms with Crippen LogP contribution in [0.4, 0.5) is 0 Å². The molecule has 0 saturated carbocycles. The second-order valence-electron chi connectivity index (χ2n) is 5.54. The van der Waals surface area contributed by atoms with Crippen molar-refractivity contribution in [3.05, 3.63) is 90.0 Å². The van der Waals surface area contributed by atoms with Gasteiger partial charge in [-0.3, -0.25) is 4.79 Å². The number of aliphatic carboxylic acids is 1. The third kappa shape index (κ3) is 4.02. The highest BCUT2D eigenvalue weighted by molar-refractivity contribution is 5.74. The molecule has 3 aromatic carbocycles. The molecule has 0 heterocycles. The van der Waals surface area contributed by atoms with Crippen LogP contribution < -0.4 is 4.74 Å². The lowest BCUT2D eigenvalue weighted by molar-refractivity contribution is -0.136. The summed E-state index contributed by atoms with van der Waals surface area (Å²) in [6.07, 6.45) is 0.0148. The fourth-order valence-electron chi connectivity index (χ4n) is 2.59. The lowest BCUT2D eigenvalue weighted by Gasteiger charge is -2.12. The van der Waals surface area contributed by atoms with E-state index < -0.39 is 5.97 Å². The topological polar surface area (TPSA) is 46.5 Å². The maximum Gasteiger partial charge on any atom is 0.307 e. The normalized spacial score (nSPS) is 10.3. The van der Waals surface area contributed by atoms with E-state index in [9.17, 15) is 4.79 Å². The zero-order chi connectivity index (χ0) is 16.8. The molecular weight excluding hydrogens is 300 g/mol. The van der Waals surface area contributed by atoms with Crippen LogP contribution in [0.5, 0.6) is 5.75 Å². The second kappa shape index (κ2) is 7.47. The van der Waals surface area contributed by atoms with E-state index in [1.165, 1.54) is 0 Å². The first kappa shape index (κ1) is 15.8. The lowest BCUT2D eigenvalue weighted by atomic mass is 10.0. The quantitative estimate of drug-likeness (QED) is 0.725. The smallest absolute Gasteiger partial charge is 0.307 e. The Morgan fingerprint density at radius 1 is 0.833 bits per heavy atom. The molecule has 3 aromatic rings. The van der Waals surface area contributed by atoms with Gasteiger partial charge in [-0.15, -0.1) is 0 Å². The highest BCUT2D eigenvalue weighted by Crippen LogP contribution is 2.31. The van der Waals surface area contributed by atoms with Crippen molar-refractivity contribution in [2.75, 3.05) is 0 Å². The van der Waals surface area contributed by atoms with Crippen LogP contribution in [0, 0.1) is 0 Å². The highest BCUT2D eigenvalue weighted by Gasteiger charge is 2.08. The highest BCUT2D eigenvalue weighted by atomic mass is 16.5. The zero-order valence-electron chi connectivity index (χ0n) is 13.2. The standard InChI is InChI=1S/C21H18O3/c22-21(23)14-17-9-6-10-18(13-17)19-11-4-5-12-20(19)24-15-16-7-2-1-3-8-16/h1-13H,14-15H2,(H,22,23). The second-order valence-corrected chi connectivity index (χ2v) is 5.54. The minimum Gasteiger partial charge on any atom is -0.488 e. The maximum atomic E-state index is 10.9. The number of ether oxygens (including phenoxy) is 1. The number of rotatable bonds is 6. The zero-order valence-corrected chi connectivity index (χ0v) is 13.2. The fraction of sp³-hybridized carbons (Fsp3) is 0.0952. The first-order valence-electron chi connectivity index (χ1n) is 7.79. The summed E-state index contributed by atoms with van der Waals surface area (Å²) >= 11 is 0. The van der Waals surface area contributed by atoms with Gasteiger partial charge in [0.05, 0.1) is 6.42 Å². The van der Waals surface area contributed by atoms with Crippen molar-refractivity contribution in [2.24, 2.45) is 0 Å². The van der Waals surface area contributed by atoms with E-state index in [0.717, 1.165) is 28.0 Å². The first-order chi connectivity index (χ1) is 11.7. The molecule has 0 spiro atoms. The van der Waals surface area contributed by atoms with Crippen molar-refractivity contribution in [3.8, 4) is 16.9 Å². The maximum absolute atomic E-state index is 10.9. The number of para-hydroxylation sites is 1. The minimum atomic E-state index is -0.833. The number of carboxylic acid groups (broad SMARTS) is 1. The predicted molar refractivity (Wildman–Crippen MR) is 94.0 cm³/mol. The van der Waals surface area contributed by atoms with E-state index in [4.69, 9.17) is 9.84 Å². The van der Waals surface area contributed by atoms with Gasteiger partial charge >= 0.3 is 5.97 Å². The van der Waals surface area contributed by atoms with E-state index in [1.54, 1.807) is 0 Å². The van der Waals surface area contributed by atoms with E-state index in [-0.39, 0.29) is 6.42 Å². The Hall–Kier alpha value is -3.07. The van der Waals surface area contributed by atoms with Crippen molar-refractivity contribution < 1.29 is 14.6 Å². The SMILES string of the molecule is O=C(O)Cc1cccc(-c2ccccc2OCc2ccccc2)c1. The summed E-state index contributed by atoms with van der Waals surface area (Å²) in [6, 6.07) is 25.4. The van der Waals surface area contributed by atoms with E-state index >= 15 is 0 Å². The minimum absolute atomic E-state index is 0.0148. The average Bonchev–Trinajstić information content (AvgIpc) is 2.61. The van der Waals surface area contributed by atoms with Crippen LogP contribution in [0.1, 0.15) is 11.1 Å². The van der Waals surface area contributed by atoms with Crippen molar-refractivity contribution in [1.29, 1.82) is 0 Å². The summed E-state index contributed by atoms with van der Waals surface area (Å²) in [4.78, 5) is 10.9. The van der Waals surface area contributed by atoms with Crippen LogP contribution in [0.25, 0.3) is 11.1 Å². The monoisotopic (exact) mass is 318 g/mol. The van der Waals surface area contributed by atoms with Crippen LogP contribution >= 0.6 is 0 Å². The molecular formula is C21H18O3. The summed E-state index contributed by atoms with van der Waals surface area (Å²) in [5.41, 5.74) is 3.79. The van der Waals surface area contributed by atoms with Gasteiger partial charge in [-0.1, -0.05) is 72.8 Å². The molecule has 0 amide bonds. The van der Waals surface area contributed by atoms with Crippen LogP contribution in [-0.4, -0.2) is 11.1 Å². The van der Waals surface area contributed by atoms with Gasteiger partial charge in [0.25, 0.3) is 0 Å². The molecule has 0 atom stereocenters. The molecule has 0 aliphatic heterocycles. The molecule has 0 bridgehead atoms. The molecule has 3 nitrogen and oxygen atoms in total. The van der Waals surface area contributed by atoms with Gasteiger partial charge < -0.3 is 9.84 Å². The van der Waals surface area contributed by atoms with Gasteiger partial charge in [0, 0.05) is 5.56 Å². The van der Waals surface area contributed by atoms with Gasteiger partial charge in [0.2, 0.25) is 0 Å². The number of carboxylic acids is 1. The van der Waals surface area contributed by atoms with E-state index in [2.05, 4.69) is 0 Å². The predicted octanol–water partition coefficient (Wildman–Crippen LogP) is 4.56. The van der Waals surface area contributed by atoms with Crippen molar-refractivity contribution in [1.82, 2.24) is 0 Å². The third-order valence-corrected chi connectivity index (χ3v) is 3.72. The largest absolute Gasteiger partial charge is 0.488 e. The first-order valence-corrected chi connectivity index (χ1v) is 7.79. The van der Waals surface area contributed by atoms with Gasteiger partial charge in [0.15, 0.2) is 0 Å². The van der Waals surface area contributed by atoms with Crippen LogP contribution in [-0.2, 0) is 17.8 Å². The Morgan fingerprint density at radius 3 is 2.33 bits per heavy atom. The molecule has 0 saturated heterocycles. The fourth-order valence-corrected chi connectivity index (χ4v) is 2.59. The van der Waals surface area contributed by atoms with Crippen molar-refractivity contribution in [3.63, 3.8) is 0 Å². The Balaban J connectivity index is 1.85. The van der Waals surface area contributed by atoms with Crippen LogP contribution in [0.2, 0.25) is 0 Å². The van der Waals surface area contributed by atoms with E-state index in [1.807, 2.05) is 78.9 Å². The van der Waals surface area contributed by atoms with E-state index in [0.29, 0.717) is 6.61 Å². The van der Waals surface area contributed by atoms with Gasteiger partial charge in [0.1, 0.15) is 12.4 Å². The average molecular weight is 318 g/mol. The van der Waals surface area contributed by atoms with Crippen molar-refractivity contribution >= 4 is 5.97 Å². The van der Waals surface area contributed by atoms with Gasteiger partial charge in [-0.2, -0.15) is 0 Å². The molecule has 3 rings (SSSR count). The Labute approximate surface area is 141 Å². The number of hydrogen-bond donors (Lipinski definition) is 1. The van der Waals surface area contributed by atoms with Gasteiger partial charge in [-0.25, -0.2) is 0 Å². The summed E-state index contributed by atoms with van der Waals surface area (Å²) in [6.45, 7) is 0.493. The Kier molecular flexibility index (Phi) is 4.92. The Bertz CT molecular complexity index is 825. The van der Waals surface area contributed by atoms with Crippen LogP contribution in [0.15, 0.2) is 78.9 Å².